The molecule has 0 saturated heterocycles. The van der Waals surface area contributed by atoms with E-state index in [-0.39, 0.29) is 0 Å². The number of hydrogen-bond acceptors (Lipinski definition) is 8. The summed E-state index contributed by atoms with van der Waals surface area (Å²) < 4.78 is 0. The third-order valence-corrected chi connectivity index (χ3v) is 24.4. The minimum absolute atomic E-state index is 0.633. The van der Waals surface area contributed by atoms with Crippen molar-refractivity contribution in [2.45, 2.75) is 228 Å². The van der Waals surface area contributed by atoms with Crippen molar-refractivity contribution in [3.63, 3.8) is 0 Å². The lowest BCUT2D eigenvalue weighted by Crippen LogP contribution is -2.29. The van der Waals surface area contributed by atoms with Crippen molar-refractivity contribution < 1.29 is 0 Å². The van der Waals surface area contributed by atoms with E-state index in [1.54, 1.807) is 59.4 Å². The molecule has 1 fully saturated rings. The maximum atomic E-state index is 2.98. The third-order valence-electron chi connectivity index (χ3n) is 17.2. The second kappa shape index (κ2) is 29.8. The molecule has 2 nitrogen and oxygen atoms in total. The lowest BCUT2D eigenvalue weighted by atomic mass is 9.93. The summed E-state index contributed by atoms with van der Waals surface area (Å²) in [5.41, 5.74) is 12.8. The van der Waals surface area contributed by atoms with Crippen LogP contribution in [0.4, 0.5) is 0 Å². The molecular weight excluding hydrogens is 1050 g/mol. The Morgan fingerprint density at radius 1 is 0.442 bits per heavy atom. The summed E-state index contributed by atoms with van der Waals surface area (Å²) in [6.07, 6.45) is 35.5. The minimum atomic E-state index is 0.633. The van der Waals surface area contributed by atoms with Crippen molar-refractivity contribution in [3.05, 3.63) is 102 Å². The predicted molar refractivity (Wildman–Crippen MR) is 350 cm³/mol. The molecule has 0 amide bonds. The Kier molecular flexibility index (Phi) is 22.8. The summed E-state index contributed by atoms with van der Waals surface area (Å²) in [4.78, 5) is 21.0. The van der Waals surface area contributed by atoms with E-state index < -0.39 is 0 Å². The van der Waals surface area contributed by atoms with Gasteiger partial charge in [-0.2, -0.15) is 0 Å². The maximum absolute atomic E-state index is 2.98. The monoisotopic (exact) mass is 1140 g/mol. The van der Waals surface area contributed by atoms with Gasteiger partial charge in [0.25, 0.3) is 0 Å². The molecule has 0 spiro atoms. The number of fused-ring (bicyclic) bond motifs is 1. The van der Waals surface area contributed by atoms with Gasteiger partial charge in [0, 0.05) is 76.3 Å². The molecule has 77 heavy (non-hydrogen) atoms. The second-order valence-corrected chi connectivity index (χ2v) is 29.7. The molecule has 6 aromatic rings. The molecule has 0 bridgehead atoms. The van der Waals surface area contributed by atoms with Gasteiger partial charge < -0.3 is 9.80 Å². The fourth-order valence-corrected chi connectivity index (χ4v) is 19.6. The summed E-state index contributed by atoms with van der Waals surface area (Å²) in [7, 11) is 0. The van der Waals surface area contributed by atoms with Gasteiger partial charge in [-0.1, -0.05) is 158 Å². The molecule has 2 unspecified atom stereocenters. The van der Waals surface area contributed by atoms with E-state index in [4.69, 9.17) is 0 Å². The molecule has 1 saturated carbocycles. The third kappa shape index (κ3) is 15.1. The van der Waals surface area contributed by atoms with Gasteiger partial charge in [-0.25, -0.2) is 0 Å². The second-order valence-electron chi connectivity index (χ2n) is 23.6. The highest BCUT2D eigenvalue weighted by atomic mass is 32.1. The largest absolute Gasteiger partial charge is 0.365 e. The van der Waals surface area contributed by atoms with Gasteiger partial charge in [-0.15, -0.1) is 68.0 Å². The Hall–Kier alpha value is -2.72. The van der Waals surface area contributed by atoms with Gasteiger partial charge in [0.1, 0.15) is 0 Å². The zero-order valence-corrected chi connectivity index (χ0v) is 53.7. The van der Waals surface area contributed by atoms with Crippen LogP contribution in [0.2, 0.25) is 0 Å². The summed E-state index contributed by atoms with van der Waals surface area (Å²) in [5, 5.41) is 4.67. The highest BCUT2D eigenvalue weighted by Gasteiger charge is 2.41. The SMILES string of the molecule is CCCCCCCCC(CCCCC)CN1CC2=C(c3cc(CCCCCC)c(-c4ccc(-c5sccc5CCCCCC)s4)s3)N(CC(C)CC)CC2=C1c1cc(C2CC2)c(-c2ccc(-c3sccc3CCCC)s2)s1. The molecule has 1 aliphatic carbocycles. The van der Waals surface area contributed by atoms with Crippen LogP contribution >= 0.6 is 68.0 Å². The van der Waals surface area contributed by atoms with Crippen LogP contribution in [0.15, 0.2) is 70.4 Å². The molecule has 8 heterocycles. The molecule has 0 aromatic carbocycles. The van der Waals surface area contributed by atoms with E-state index >= 15 is 0 Å². The van der Waals surface area contributed by atoms with Crippen LogP contribution in [0, 0.1) is 11.8 Å². The first-order valence-corrected chi connectivity index (χ1v) is 36.5. The van der Waals surface area contributed by atoms with Gasteiger partial charge in [-0.05, 0) is 164 Å². The van der Waals surface area contributed by atoms with Crippen LogP contribution in [-0.4, -0.2) is 36.0 Å². The average Bonchev–Trinajstić information content (AvgIpc) is 4.30. The van der Waals surface area contributed by atoms with Gasteiger partial charge in [0.15, 0.2) is 0 Å². The summed E-state index contributed by atoms with van der Waals surface area (Å²) in [5.74, 6) is 2.06. The van der Waals surface area contributed by atoms with E-state index in [2.05, 4.69) is 163 Å². The first-order valence-electron chi connectivity index (χ1n) is 31.4. The summed E-state index contributed by atoms with van der Waals surface area (Å²) in [6, 6.07) is 20.2. The molecule has 9 rings (SSSR count). The van der Waals surface area contributed by atoms with Crippen molar-refractivity contribution in [2.75, 3.05) is 26.2 Å². The minimum Gasteiger partial charge on any atom is -0.365 e. The number of thiophene rings is 6. The lowest BCUT2D eigenvalue weighted by Gasteiger charge is -2.30. The number of aryl methyl sites for hydroxylation is 3. The van der Waals surface area contributed by atoms with Crippen LogP contribution in [-0.2, 0) is 19.3 Å². The molecule has 8 heteroatoms. The van der Waals surface area contributed by atoms with Gasteiger partial charge in [0.2, 0.25) is 0 Å². The summed E-state index contributed by atoms with van der Waals surface area (Å²) >= 11 is 12.3. The number of rotatable bonds is 36. The topological polar surface area (TPSA) is 6.48 Å². The van der Waals surface area contributed by atoms with Crippen molar-refractivity contribution >= 4 is 79.4 Å². The van der Waals surface area contributed by atoms with E-state index in [1.165, 1.54) is 214 Å². The first kappa shape index (κ1) is 58.9. The predicted octanol–water partition coefficient (Wildman–Crippen LogP) is 23.9. The van der Waals surface area contributed by atoms with Crippen molar-refractivity contribution in [1.29, 1.82) is 0 Å². The fraction of sp³-hybridized carbons (Fsp3) is 0.594. The van der Waals surface area contributed by atoms with Gasteiger partial charge in [-0.3, -0.25) is 0 Å². The quantitative estimate of drug-likeness (QED) is 0.0362. The van der Waals surface area contributed by atoms with Crippen LogP contribution in [0.1, 0.15) is 240 Å². The zero-order chi connectivity index (χ0) is 53.5. The van der Waals surface area contributed by atoms with Gasteiger partial charge in [0.05, 0.1) is 21.1 Å². The molecule has 2 atom stereocenters. The molecule has 0 radical (unpaired) electrons. The molecule has 3 aliphatic rings. The summed E-state index contributed by atoms with van der Waals surface area (Å²) in [6.45, 7) is 21.0. The molecule has 418 valence electrons. The first-order chi connectivity index (χ1) is 37.9. The van der Waals surface area contributed by atoms with Crippen LogP contribution < -0.4 is 0 Å². The Bertz CT molecular complexity index is 2790. The molecule has 6 aromatic heterocycles. The van der Waals surface area contributed by atoms with Crippen molar-refractivity contribution in [3.8, 4) is 39.0 Å². The van der Waals surface area contributed by atoms with Gasteiger partial charge >= 0.3 is 0 Å². The zero-order valence-electron chi connectivity index (χ0n) is 48.8. The lowest BCUT2D eigenvalue weighted by molar-refractivity contribution is 0.304. The number of nitrogens with zero attached hydrogens (tertiary/aromatic N) is 2. The van der Waals surface area contributed by atoms with E-state index in [9.17, 15) is 0 Å². The Morgan fingerprint density at radius 3 is 1.47 bits per heavy atom. The Morgan fingerprint density at radius 2 is 0.896 bits per heavy atom. The molecule has 0 N–H and O–H groups in total. The molecule has 2 aliphatic heterocycles. The van der Waals surface area contributed by atoms with E-state index in [1.807, 2.05) is 22.7 Å². The normalized spacial score (nSPS) is 15.6. The number of unbranched alkanes of at least 4 members (excludes halogenated alkanes) is 14. The Labute approximate surface area is 492 Å². The highest BCUT2D eigenvalue weighted by Crippen LogP contribution is 2.55. The Balaban J connectivity index is 1.13. The standard InChI is InChI=1S/C69H96N2S6/c1-8-14-19-22-23-25-29-50(28-24-17-11-4)46-71-48-57-56(65(71)63-44-55(51-33-34-51)69(77-63)61-38-36-59(75-61)66-52(30-18-12-5)39-41-72-66)47-70(45-49(7)13-6)64(57)62-43-54(32-27-21-16-10-3)68(76-62)60-37-35-58(74-60)67-53(40-42-73-67)31-26-20-15-9-2/h35-44,49-51H,8-34,45-48H2,1-7H3. The number of hydrogen-bond donors (Lipinski definition) is 0. The fourth-order valence-electron chi connectivity index (χ4n) is 12.4. The van der Waals surface area contributed by atoms with Crippen LogP contribution in [0.25, 0.3) is 50.4 Å². The smallest absolute Gasteiger partial charge is 0.0599 e. The van der Waals surface area contributed by atoms with E-state index in [0.29, 0.717) is 11.8 Å². The maximum Gasteiger partial charge on any atom is 0.0599 e. The van der Waals surface area contributed by atoms with E-state index in [0.717, 1.165) is 25.6 Å². The highest BCUT2D eigenvalue weighted by molar-refractivity contribution is 7.27. The van der Waals surface area contributed by atoms with Crippen LogP contribution in [0.5, 0.6) is 0 Å². The van der Waals surface area contributed by atoms with Crippen molar-refractivity contribution in [2.24, 2.45) is 11.8 Å². The average molecular weight is 1150 g/mol. The molecular formula is C69H96N2S6. The van der Waals surface area contributed by atoms with Crippen molar-refractivity contribution in [1.82, 2.24) is 9.80 Å². The van der Waals surface area contributed by atoms with Crippen LogP contribution in [0.3, 0.4) is 0 Å².